The minimum absolute atomic E-state index is 0.0753. The third-order valence-electron chi connectivity index (χ3n) is 3.53. The van der Waals surface area contributed by atoms with Crippen molar-refractivity contribution in [2.75, 3.05) is 26.7 Å². The van der Waals surface area contributed by atoms with Crippen LogP contribution >= 0.6 is 0 Å². The van der Waals surface area contributed by atoms with E-state index in [9.17, 15) is 8.42 Å². The molecule has 0 unspecified atom stereocenters. The number of aromatic nitrogens is 2. The van der Waals surface area contributed by atoms with E-state index in [1.54, 1.807) is 13.8 Å². The lowest BCUT2D eigenvalue weighted by Gasteiger charge is -2.20. The molecule has 0 atom stereocenters. The van der Waals surface area contributed by atoms with Gasteiger partial charge in [0, 0.05) is 19.1 Å². The van der Waals surface area contributed by atoms with Crippen molar-refractivity contribution in [3.63, 3.8) is 0 Å². The van der Waals surface area contributed by atoms with Gasteiger partial charge in [-0.2, -0.15) is 5.10 Å². The van der Waals surface area contributed by atoms with Crippen LogP contribution in [0.25, 0.3) is 0 Å². The van der Waals surface area contributed by atoms with Crippen LogP contribution in [0.4, 0.5) is 0 Å². The summed E-state index contributed by atoms with van der Waals surface area (Å²) in [6.45, 7) is 8.68. The highest BCUT2D eigenvalue weighted by atomic mass is 32.2. The number of likely N-dealkylation sites (N-methyl/N-ethyl adjacent to an activating group) is 1. The van der Waals surface area contributed by atoms with E-state index in [2.05, 4.69) is 28.6 Å². The summed E-state index contributed by atoms with van der Waals surface area (Å²) in [5.41, 5.74) is 0.997. The van der Waals surface area contributed by atoms with Gasteiger partial charge in [0.15, 0.2) is 0 Å². The summed E-state index contributed by atoms with van der Waals surface area (Å²) in [4.78, 5) is 2.28. The molecular formula is C13H26N4O3S. The molecule has 1 aromatic heterocycles. The summed E-state index contributed by atoms with van der Waals surface area (Å²) >= 11 is 0. The Morgan fingerprint density at radius 3 is 2.52 bits per heavy atom. The van der Waals surface area contributed by atoms with Crippen molar-refractivity contribution in [2.45, 2.75) is 45.2 Å². The number of hydrogen-bond donors (Lipinski definition) is 2. The first-order valence-corrected chi connectivity index (χ1v) is 8.53. The van der Waals surface area contributed by atoms with E-state index < -0.39 is 10.0 Å². The molecule has 1 rings (SSSR count). The van der Waals surface area contributed by atoms with Crippen LogP contribution in [-0.4, -0.2) is 61.0 Å². The topological polar surface area (TPSA) is 87.5 Å². The Morgan fingerprint density at radius 1 is 1.38 bits per heavy atom. The normalized spacial score (nSPS) is 12.6. The Bertz CT molecular complexity index is 566. The quantitative estimate of drug-likeness (QED) is 0.710. The van der Waals surface area contributed by atoms with Gasteiger partial charge in [-0.1, -0.05) is 0 Å². The van der Waals surface area contributed by atoms with Crippen molar-refractivity contribution in [1.82, 2.24) is 19.4 Å². The van der Waals surface area contributed by atoms with Crippen molar-refractivity contribution in [1.29, 1.82) is 0 Å². The largest absolute Gasteiger partial charge is 0.394 e. The number of aliphatic hydroxyl groups is 1. The molecule has 2 N–H and O–H groups in total. The number of hydrogen-bond acceptors (Lipinski definition) is 5. The van der Waals surface area contributed by atoms with Gasteiger partial charge in [0.2, 0.25) is 10.0 Å². The van der Waals surface area contributed by atoms with Crippen LogP contribution in [0.3, 0.4) is 0 Å². The first kappa shape index (κ1) is 18.1. The molecule has 1 aromatic rings. The number of nitrogens with one attached hydrogen (secondary N) is 1. The second-order valence-electron chi connectivity index (χ2n) is 5.42. The summed E-state index contributed by atoms with van der Waals surface area (Å²) < 4.78 is 28.9. The second-order valence-corrected chi connectivity index (χ2v) is 7.12. The highest BCUT2D eigenvalue weighted by molar-refractivity contribution is 7.89. The average Bonchev–Trinajstić information content (AvgIpc) is 2.64. The Morgan fingerprint density at radius 2 is 2.00 bits per heavy atom. The maximum absolute atomic E-state index is 12.4. The predicted molar refractivity (Wildman–Crippen MR) is 81.7 cm³/mol. The van der Waals surface area contributed by atoms with Crippen molar-refractivity contribution >= 4 is 10.0 Å². The van der Waals surface area contributed by atoms with Crippen LogP contribution in [0.1, 0.15) is 25.2 Å². The fourth-order valence-electron chi connectivity index (χ4n) is 2.07. The molecule has 0 saturated heterocycles. The molecule has 21 heavy (non-hydrogen) atoms. The molecule has 0 saturated carbocycles. The van der Waals surface area contributed by atoms with Crippen molar-refractivity contribution in [3.05, 3.63) is 11.4 Å². The van der Waals surface area contributed by atoms with E-state index in [4.69, 9.17) is 5.11 Å². The first-order chi connectivity index (χ1) is 9.70. The van der Waals surface area contributed by atoms with E-state index >= 15 is 0 Å². The van der Waals surface area contributed by atoms with Gasteiger partial charge in [-0.15, -0.1) is 0 Å². The molecular weight excluding hydrogens is 292 g/mol. The van der Waals surface area contributed by atoms with Gasteiger partial charge in [0.25, 0.3) is 0 Å². The van der Waals surface area contributed by atoms with Gasteiger partial charge < -0.3 is 10.0 Å². The molecule has 0 fully saturated rings. The highest BCUT2D eigenvalue weighted by Gasteiger charge is 2.24. The SMILES string of the molecule is Cc1nn(CCO)c(C)c1S(=O)(=O)NCCN(C)C(C)C. The summed E-state index contributed by atoms with van der Waals surface area (Å²) in [7, 11) is -1.63. The minimum atomic E-state index is -3.58. The molecule has 122 valence electrons. The number of nitrogens with zero attached hydrogens (tertiary/aromatic N) is 3. The monoisotopic (exact) mass is 318 g/mol. The standard InChI is InChI=1S/C13H26N4O3S/c1-10(2)16(5)7-6-14-21(19,20)13-11(3)15-17(8-9-18)12(13)4/h10,14,18H,6-9H2,1-5H3. The van der Waals surface area contributed by atoms with E-state index in [-0.39, 0.29) is 18.0 Å². The minimum Gasteiger partial charge on any atom is -0.394 e. The van der Waals surface area contributed by atoms with Gasteiger partial charge in [0.1, 0.15) is 4.90 Å². The highest BCUT2D eigenvalue weighted by Crippen LogP contribution is 2.18. The Labute approximate surface area is 127 Å². The molecule has 1 heterocycles. The third kappa shape index (κ3) is 4.50. The number of aryl methyl sites for hydroxylation is 1. The molecule has 0 bridgehead atoms. The molecule has 0 radical (unpaired) electrons. The van der Waals surface area contributed by atoms with E-state index in [0.29, 0.717) is 30.5 Å². The molecule has 0 aromatic carbocycles. The van der Waals surface area contributed by atoms with Crippen LogP contribution in [0.5, 0.6) is 0 Å². The summed E-state index contributed by atoms with van der Waals surface area (Å²) in [6.07, 6.45) is 0. The van der Waals surface area contributed by atoms with Crippen LogP contribution in [0.2, 0.25) is 0 Å². The lowest BCUT2D eigenvalue weighted by atomic mass is 10.3. The van der Waals surface area contributed by atoms with Gasteiger partial charge in [-0.3, -0.25) is 4.68 Å². The lowest BCUT2D eigenvalue weighted by molar-refractivity contribution is 0.267. The Balaban J connectivity index is 2.84. The number of sulfonamides is 1. The van der Waals surface area contributed by atoms with Crippen molar-refractivity contribution < 1.29 is 13.5 Å². The fourth-order valence-corrected chi connectivity index (χ4v) is 3.50. The second kappa shape index (κ2) is 7.35. The molecule has 7 nitrogen and oxygen atoms in total. The van der Waals surface area contributed by atoms with Gasteiger partial charge in [-0.25, -0.2) is 13.1 Å². The van der Waals surface area contributed by atoms with Gasteiger partial charge in [0.05, 0.1) is 24.5 Å². The van der Waals surface area contributed by atoms with Crippen LogP contribution in [-0.2, 0) is 16.6 Å². The molecule has 0 aliphatic carbocycles. The summed E-state index contributed by atoms with van der Waals surface area (Å²) in [6, 6.07) is 0.366. The van der Waals surface area contributed by atoms with Crippen LogP contribution in [0, 0.1) is 13.8 Å². The van der Waals surface area contributed by atoms with E-state index in [0.717, 1.165) is 0 Å². The maximum atomic E-state index is 12.4. The Hall–Kier alpha value is -0.960. The zero-order valence-electron chi connectivity index (χ0n) is 13.4. The zero-order valence-corrected chi connectivity index (χ0v) is 14.2. The average molecular weight is 318 g/mol. The smallest absolute Gasteiger partial charge is 0.244 e. The molecule has 8 heteroatoms. The van der Waals surface area contributed by atoms with Crippen LogP contribution in [0.15, 0.2) is 4.90 Å². The maximum Gasteiger partial charge on any atom is 0.244 e. The summed E-state index contributed by atoms with van der Waals surface area (Å²) in [5, 5.41) is 13.1. The number of aliphatic hydroxyl groups excluding tert-OH is 1. The first-order valence-electron chi connectivity index (χ1n) is 7.05. The lowest BCUT2D eigenvalue weighted by Crippen LogP contribution is -2.36. The van der Waals surface area contributed by atoms with Crippen molar-refractivity contribution in [2.24, 2.45) is 0 Å². The number of rotatable bonds is 8. The predicted octanol–water partition coefficient (Wildman–Crippen LogP) is 0.111. The Kier molecular flexibility index (Phi) is 6.33. The van der Waals surface area contributed by atoms with Crippen molar-refractivity contribution in [3.8, 4) is 0 Å². The van der Waals surface area contributed by atoms with E-state index in [1.807, 2.05) is 7.05 Å². The zero-order chi connectivity index (χ0) is 16.2. The van der Waals surface area contributed by atoms with E-state index in [1.165, 1.54) is 4.68 Å². The molecule has 0 aliphatic rings. The molecule has 0 amide bonds. The molecule has 0 aliphatic heterocycles. The van der Waals surface area contributed by atoms with Crippen LogP contribution < -0.4 is 4.72 Å². The molecule has 0 spiro atoms. The van der Waals surface area contributed by atoms with Gasteiger partial charge >= 0.3 is 0 Å². The van der Waals surface area contributed by atoms with Gasteiger partial charge in [-0.05, 0) is 34.7 Å². The third-order valence-corrected chi connectivity index (χ3v) is 5.25. The summed E-state index contributed by atoms with van der Waals surface area (Å²) in [5.74, 6) is 0. The fraction of sp³-hybridized carbons (Fsp3) is 0.769.